The van der Waals surface area contributed by atoms with E-state index in [1.165, 1.54) is 13.1 Å². The summed E-state index contributed by atoms with van der Waals surface area (Å²) in [6, 6.07) is 18.6. The molecule has 0 fully saturated rings. The first kappa shape index (κ1) is 27.8. The van der Waals surface area contributed by atoms with Gasteiger partial charge in [-0.25, -0.2) is 18.4 Å². The third-order valence-electron chi connectivity index (χ3n) is 5.93. The molecule has 0 aliphatic heterocycles. The smallest absolute Gasteiger partial charge is 0.276 e. The number of carbonyl (C=O) groups excluding carboxylic acids is 1. The number of furan rings is 1. The number of carbonyl (C=O) groups is 1. The highest BCUT2D eigenvalue weighted by Crippen LogP contribution is 2.26. The Morgan fingerprint density at radius 2 is 1.85 bits per heavy atom. The number of amides is 1. The summed E-state index contributed by atoms with van der Waals surface area (Å²) >= 11 is 0. The van der Waals surface area contributed by atoms with Crippen molar-refractivity contribution in [2.45, 2.75) is 45.4 Å². The zero-order valence-corrected chi connectivity index (χ0v) is 23.1. The van der Waals surface area contributed by atoms with E-state index < -0.39 is 20.9 Å². The van der Waals surface area contributed by atoms with E-state index in [1.54, 1.807) is 18.4 Å². The lowest BCUT2D eigenvalue weighted by Gasteiger charge is -2.25. The third-order valence-corrected chi connectivity index (χ3v) is 7.45. The van der Waals surface area contributed by atoms with Crippen LogP contribution in [-0.2, 0) is 22.9 Å². The molecule has 9 nitrogen and oxygen atoms in total. The molecule has 2 heterocycles. The van der Waals surface area contributed by atoms with Gasteiger partial charge in [0.15, 0.2) is 5.69 Å². The molecule has 2 aromatic heterocycles. The molecule has 1 amide bonds. The van der Waals surface area contributed by atoms with E-state index in [1.807, 2.05) is 67.3 Å². The van der Waals surface area contributed by atoms with Crippen molar-refractivity contribution in [2.75, 3.05) is 22.6 Å². The van der Waals surface area contributed by atoms with Gasteiger partial charge in [0, 0.05) is 12.2 Å². The van der Waals surface area contributed by atoms with Crippen LogP contribution in [0.5, 0.6) is 5.75 Å². The van der Waals surface area contributed by atoms with Crippen molar-refractivity contribution in [2.24, 2.45) is 0 Å². The second-order valence-electron chi connectivity index (χ2n) is 9.04. The molecule has 0 unspecified atom stereocenters. The van der Waals surface area contributed by atoms with Gasteiger partial charge < -0.3 is 19.4 Å². The summed E-state index contributed by atoms with van der Waals surface area (Å²) in [5, 5.41) is 2.46. The number of rotatable bonds is 12. The number of aromatic nitrogens is 2. The number of nitrogens with one attached hydrogen (secondary N) is 1. The largest absolute Gasteiger partial charge is 0.494 e. The maximum absolute atomic E-state index is 13.6. The van der Waals surface area contributed by atoms with Crippen molar-refractivity contribution in [1.29, 1.82) is 0 Å². The Labute approximate surface area is 228 Å². The van der Waals surface area contributed by atoms with Crippen LogP contribution in [-0.4, -0.2) is 36.7 Å². The zero-order valence-electron chi connectivity index (χ0n) is 22.3. The van der Waals surface area contributed by atoms with Crippen molar-refractivity contribution >= 4 is 27.1 Å². The van der Waals surface area contributed by atoms with Crippen LogP contribution in [0, 0.1) is 6.92 Å². The maximum Gasteiger partial charge on any atom is 0.276 e. The minimum atomic E-state index is -3.75. The van der Waals surface area contributed by atoms with Crippen LogP contribution in [0.1, 0.15) is 47.6 Å². The number of nitrogens with zero attached hydrogens (tertiary/aromatic N) is 3. The Morgan fingerprint density at radius 1 is 1.05 bits per heavy atom. The summed E-state index contributed by atoms with van der Waals surface area (Å²) in [5.74, 6) is 0.703. The minimum absolute atomic E-state index is 0.0482. The van der Waals surface area contributed by atoms with Gasteiger partial charge in [0.2, 0.25) is 15.0 Å². The molecule has 2 aromatic carbocycles. The molecule has 0 saturated heterocycles. The molecule has 0 spiro atoms. The molecule has 0 aliphatic carbocycles. The molecule has 0 aliphatic rings. The topological polar surface area (TPSA) is 115 Å². The lowest BCUT2D eigenvalue weighted by Crippen LogP contribution is -2.27. The van der Waals surface area contributed by atoms with E-state index in [0.717, 1.165) is 23.3 Å². The molecule has 0 bridgehead atoms. The summed E-state index contributed by atoms with van der Waals surface area (Å²) in [7, 11) is -3.75. The molecular formula is C29H32N4O5S. The Bertz CT molecular complexity index is 1500. The number of hydrogen-bond acceptors (Lipinski definition) is 8. The first-order chi connectivity index (χ1) is 18.8. The second kappa shape index (κ2) is 12.6. The summed E-state index contributed by atoms with van der Waals surface area (Å²) in [5.41, 5.74) is 2.81. The van der Waals surface area contributed by atoms with Gasteiger partial charge >= 0.3 is 0 Å². The average Bonchev–Trinajstić information content (AvgIpc) is 3.45. The highest BCUT2D eigenvalue weighted by atomic mass is 32.2. The van der Waals surface area contributed by atoms with Crippen LogP contribution in [0.15, 0.2) is 82.7 Å². The van der Waals surface area contributed by atoms with Gasteiger partial charge in [-0.3, -0.25) is 4.79 Å². The van der Waals surface area contributed by atoms with Crippen LogP contribution in [0.2, 0.25) is 0 Å². The van der Waals surface area contributed by atoms with E-state index in [-0.39, 0.29) is 11.4 Å². The fourth-order valence-corrected chi connectivity index (χ4v) is 4.60. The van der Waals surface area contributed by atoms with E-state index in [2.05, 4.69) is 15.3 Å². The first-order valence-corrected chi connectivity index (χ1v) is 14.4. The molecule has 10 heteroatoms. The van der Waals surface area contributed by atoms with Gasteiger partial charge in [-0.05, 0) is 60.9 Å². The van der Waals surface area contributed by atoms with Crippen LogP contribution >= 0.6 is 0 Å². The lowest BCUT2D eigenvalue weighted by molar-refractivity contribution is 0.102. The molecule has 0 radical (unpaired) electrons. The molecular weight excluding hydrogens is 516 g/mol. The highest BCUT2D eigenvalue weighted by Gasteiger charge is 2.25. The van der Waals surface area contributed by atoms with Crippen molar-refractivity contribution in [3.8, 4) is 5.75 Å². The van der Waals surface area contributed by atoms with Crippen molar-refractivity contribution in [3.05, 3.63) is 95.7 Å². The molecule has 1 N–H and O–H groups in total. The van der Waals surface area contributed by atoms with Gasteiger partial charge in [-0.15, -0.1) is 0 Å². The fourth-order valence-electron chi connectivity index (χ4n) is 3.90. The van der Waals surface area contributed by atoms with Crippen LogP contribution in [0.3, 0.4) is 0 Å². The Morgan fingerprint density at radius 3 is 2.51 bits per heavy atom. The zero-order chi connectivity index (χ0) is 27.8. The summed E-state index contributed by atoms with van der Waals surface area (Å²) in [6.07, 6.45) is 3.88. The number of hydrogen-bond donors (Lipinski definition) is 1. The van der Waals surface area contributed by atoms with E-state index in [0.29, 0.717) is 36.8 Å². The quantitative estimate of drug-likeness (QED) is 0.234. The predicted octanol–water partition coefficient (Wildman–Crippen LogP) is 5.42. The molecule has 4 aromatic rings. The number of aryl methyl sites for hydroxylation is 1. The SMILES string of the molecule is CCCOc1ccc(CN(Cc2ccco2)c2cnc(S(=O)(=O)CC)nc2C(=O)Nc2cccc(C)c2)cc1. The van der Waals surface area contributed by atoms with Crippen molar-refractivity contribution in [1.82, 2.24) is 9.97 Å². The monoisotopic (exact) mass is 548 g/mol. The normalized spacial score (nSPS) is 11.3. The second-order valence-corrected chi connectivity index (χ2v) is 11.2. The van der Waals surface area contributed by atoms with Gasteiger partial charge in [0.05, 0.1) is 37.1 Å². The van der Waals surface area contributed by atoms with Crippen LogP contribution in [0.25, 0.3) is 0 Å². The van der Waals surface area contributed by atoms with E-state index in [4.69, 9.17) is 9.15 Å². The Kier molecular flexibility index (Phi) is 8.98. The molecule has 0 atom stereocenters. The van der Waals surface area contributed by atoms with Crippen LogP contribution < -0.4 is 15.0 Å². The van der Waals surface area contributed by atoms with Gasteiger partial charge in [0.1, 0.15) is 11.5 Å². The third kappa shape index (κ3) is 7.23. The summed E-state index contributed by atoms with van der Waals surface area (Å²) < 4.78 is 36.5. The van der Waals surface area contributed by atoms with Gasteiger partial charge in [-0.1, -0.05) is 38.1 Å². The Balaban J connectivity index is 1.74. The van der Waals surface area contributed by atoms with Gasteiger partial charge in [-0.2, -0.15) is 0 Å². The standard InChI is InChI=1S/C29H32N4O5S/c1-4-15-37-24-13-11-22(12-14-24)19-33(20-25-10-7-16-38-25)26-18-30-29(39(35,36)5-2)32-27(26)28(34)31-23-9-6-8-21(3)17-23/h6-14,16-18H,4-5,15,19-20H2,1-3H3,(H,31,34). The fraction of sp³-hybridized carbons (Fsp3) is 0.276. The molecule has 0 saturated carbocycles. The lowest BCUT2D eigenvalue weighted by atomic mass is 10.1. The van der Waals surface area contributed by atoms with Crippen molar-refractivity contribution < 1.29 is 22.4 Å². The van der Waals surface area contributed by atoms with Crippen molar-refractivity contribution in [3.63, 3.8) is 0 Å². The van der Waals surface area contributed by atoms with E-state index >= 15 is 0 Å². The predicted molar refractivity (Wildman–Crippen MR) is 150 cm³/mol. The number of benzene rings is 2. The number of ether oxygens (including phenoxy) is 1. The molecule has 204 valence electrons. The van der Waals surface area contributed by atoms with Crippen LogP contribution in [0.4, 0.5) is 11.4 Å². The highest BCUT2D eigenvalue weighted by molar-refractivity contribution is 7.91. The number of anilines is 2. The number of sulfone groups is 1. The summed E-state index contributed by atoms with van der Waals surface area (Å²) in [6.45, 7) is 6.79. The summed E-state index contributed by atoms with van der Waals surface area (Å²) in [4.78, 5) is 23.9. The van der Waals surface area contributed by atoms with E-state index in [9.17, 15) is 13.2 Å². The Hall–Kier alpha value is -4.18. The van der Waals surface area contributed by atoms with Gasteiger partial charge in [0.25, 0.3) is 5.91 Å². The minimum Gasteiger partial charge on any atom is -0.494 e. The average molecular weight is 549 g/mol. The molecule has 39 heavy (non-hydrogen) atoms. The maximum atomic E-state index is 13.6. The first-order valence-electron chi connectivity index (χ1n) is 12.8. The molecule has 4 rings (SSSR count).